The van der Waals surface area contributed by atoms with E-state index in [-0.39, 0.29) is 17.6 Å². The van der Waals surface area contributed by atoms with Gasteiger partial charge in [-0.05, 0) is 36.8 Å². The van der Waals surface area contributed by atoms with E-state index in [1.54, 1.807) is 4.90 Å². The normalized spacial score (nSPS) is 14.8. The first-order valence-corrected chi connectivity index (χ1v) is 8.45. The molecule has 3 rings (SSSR count). The molecule has 1 fully saturated rings. The molecule has 0 aliphatic carbocycles. The second-order valence-corrected chi connectivity index (χ2v) is 7.01. The number of amides is 1. The quantitative estimate of drug-likeness (QED) is 0.753. The van der Waals surface area contributed by atoms with Gasteiger partial charge in [0.2, 0.25) is 5.91 Å². The fourth-order valence-electron chi connectivity index (χ4n) is 3.04. The monoisotopic (exact) mass is 374 g/mol. The first kappa shape index (κ1) is 16.0. The van der Waals surface area contributed by atoms with Crippen LogP contribution in [0.25, 0.3) is 10.9 Å². The van der Waals surface area contributed by atoms with Crippen molar-refractivity contribution in [1.29, 1.82) is 0 Å². The Morgan fingerprint density at radius 1 is 1.39 bits per heavy atom. The van der Waals surface area contributed by atoms with E-state index in [1.165, 1.54) is 6.08 Å². The highest BCUT2D eigenvalue weighted by molar-refractivity contribution is 9.10. The van der Waals surface area contributed by atoms with Gasteiger partial charge in [0.15, 0.2) is 5.78 Å². The van der Waals surface area contributed by atoms with Gasteiger partial charge in [-0.15, -0.1) is 0 Å². The lowest BCUT2D eigenvalue weighted by atomic mass is 9.94. The molecular weight excluding hydrogens is 356 g/mol. The van der Waals surface area contributed by atoms with Gasteiger partial charge in [-0.3, -0.25) is 9.59 Å². The number of Topliss-reactive ketones (excluding diaryl/α,β-unsaturated/α-hetero) is 1. The van der Waals surface area contributed by atoms with E-state index in [2.05, 4.69) is 34.6 Å². The number of hydrogen-bond donors (Lipinski definition) is 0. The number of fused-ring (bicyclic) bond motifs is 1. The van der Waals surface area contributed by atoms with E-state index in [4.69, 9.17) is 0 Å². The number of nitrogens with zero attached hydrogens (tertiary/aromatic N) is 2. The number of aryl methyl sites for hydroxylation is 1. The predicted octanol–water partition coefficient (Wildman–Crippen LogP) is 3.32. The third-order valence-corrected chi connectivity index (χ3v) is 5.21. The van der Waals surface area contributed by atoms with Crippen molar-refractivity contribution in [2.75, 3.05) is 13.1 Å². The summed E-state index contributed by atoms with van der Waals surface area (Å²) in [6.45, 7) is 7.23. The van der Waals surface area contributed by atoms with Crippen molar-refractivity contribution >= 4 is 38.5 Å². The van der Waals surface area contributed by atoms with Crippen LogP contribution in [0.4, 0.5) is 0 Å². The molecule has 1 saturated heterocycles. The van der Waals surface area contributed by atoms with Gasteiger partial charge in [0.1, 0.15) is 0 Å². The average Bonchev–Trinajstić information content (AvgIpc) is 2.84. The van der Waals surface area contributed by atoms with Crippen LogP contribution in [0.15, 0.2) is 41.5 Å². The Bertz CT molecular complexity index is 788. The zero-order valence-electron chi connectivity index (χ0n) is 13.1. The van der Waals surface area contributed by atoms with Crippen LogP contribution in [0.5, 0.6) is 0 Å². The van der Waals surface area contributed by atoms with Crippen molar-refractivity contribution < 1.29 is 9.59 Å². The SMILES string of the molecule is C=CC(=O)N1CC(CC(=O)Cn2ccc3cc(Br)c(C)cc32)C1. The molecule has 0 bridgehead atoms. The maximum Gasteiger partial charge on any atom is 0.245 e. The molecule has 1 aliphatic heterocycles. The van der Waals surface area contributed by atoms with E-state index in [0.717, 1.165) is 20.9 Å². The third kappa shape index (κ3) is 3.24. The van der Waals surface area contributed by atoms with Crippen molar-refractivity contribution in [1.82, 2.24) is 9.47 Å². The van der Waals surface area contributed by atoms with Crippen LogP contribution in [-0.2, 0) is 16.1 Å². The minimum atomic E-state index is -0.0499. The molecule has 1 aliphatic rings. The van der Waals surface area contributed by atoms with Gasteiger partial charge in [-0.1, -0.05) is 22.5 Å². The highest BCUT2D eigenvalue weighted by atomic mass is 79.9. The number of rotatable bonds is 5. The maximum absolute atomic E-state index is 12.3. The van der Waals surface area contributed by atoms with Gasteiger partial charge in [-0.2, -0.15) is 0 Å². The summed E-state index contributed by atoms with van der Waals surface area (Å²) in [6, 6.07) is 6.21. The Balaban J connectivity index is 1.62. The number of benzene rings is 1. The van der Waals surface area contributed by atoms with Gasteiger partial charge >= 0.3 is 0 Å². The van der Waals surface area contributed by atoms with Crippen LogP contribution in [0.2, 0.25) is 0 Å². The van der Waals surface area contributed by atoms with Crippen LogP contribution in [-0.4, -0.2) is 34.2 Å². The van der Waals surface area contributed by atoms with Crippen LogP contribution in [0.3, 0.4) is 0 Å². The molecule has 2 heterocycles. The van der Waals surface area contributed by atoms with Crippen molar-refractivity contribution in [3.8, 4) is 0 Å². The molecule has 0 N–H and O–H groups in total. The molecule has 0 saturated carbocycles. The van der Waals surface area contributed by atoms with Crippen molar-refractivity contribution in [3.63, 3.8) is 0 Å². The summed E-state index contributed by atoms with van der Waals surface area (Å²) in [7, 11) is 0. The third-order valence-electron chi connectivity index (χ3n) is 4.36. The number of hydrogen-bond acceptors (Lipinski definition) is 2. The lowest BCUT2D eigenvalue weighted by molar-refractivity contribution is -0.134. The van der Waals surface area contributed by atoms with Gasteiger partial charge in [0.25, 0.3) is 0 Å². The van der Waals surface area contributed by atoms with Gasteiger partial charge in [-0.25, -0.2) is 0 Å². The minimum Gasteiger partial charge on any atom is -0.340 e. The molecule has 1 amide bonds. The molecule has 1 aromatic carbocycles. The van der Waals surface area contributed by atoms with Gasteiger partial charge in [0, 0.05) is 47.0 Å². The van der Waals surface area contributed by atoms with Gasteiger partial charge < -0.3 is 9.47 Å². The molecule has 4 nitrogen and oxygen atoms in total. The zero-order valence-corrected chi connectivity index (χ0v) is 14.7. The summed E-state index contributed by atoms with van der Waals surface area (Å²) in [6.07, 6.45) is 3.81. The molecule has 0 atom stereocenters. The van der Waals surface area contributed by atoms with Crippen molar-refractivity contribution in [3.05, 3.63) is 47.1 Å². The highest BCUT2D eigenvalue weighted by Crippen LogP contribution is 2.25. The molecule has 0 spiro atoms. The van der Waals surface area contributed by atoms with Crippen LogP contribution < -0.4 is 0 Å². The predicted molar refractivity (Wildman–Crippen MR) is 94.3 cm³/mol. The second-order valence-electron chi connectivity index (χ2n) is 6.16. The van der Waals surface area contributed by atoms with E-state index >= 15 is 0 Å². The lowest BCUT2D eigenvalue weighted by Gasteiger charge is -2.38. The summed E-state index contributed by atoms with van der Waals surface area (Å²) in [5.41, 5.74) is 2.23. The molecule has 5 heteroatoms. The minimum absolute atomic E-state index is 0.0499. The first-order valence-electron chi connectivity index (χ1n) is 7.66. The number of ketones is 1. The van der Waals surface area contributed by atoms with E-state index in [0.29, 0.717) is 26.1 Å². The summed E-state index contributed by atoms with van der Waals surface area (Å²) < 4.78 is 3.08. The number of halogens is 1. The molecule has 120 valence electrons. The zero-order chi connectivity index (χ0) is 16.6. The van der Waals surface area contributed by atoms with E-state index < -0.39 is 0 Å². The van der Waals surface area contributed by atoms with Gasteiger partial charge in [0.05, 0.1) is 6.54 Å². The molecule has 23 heavy (non-hydrogen) atoms. The van der Waals surface area contributed by atoms with Crippen LogP contribution in [0.1, 0.15) is 12.0 Å². The smallest absolute Gasteiger partial charge is 0.245 e. The summed E-state index contributed by atoms with van der Waals surface area (Å²) in [4.78, 5) is 25.4. The number of aromatic nitrogens is 1. The Morgan fingerprint density at radius 3 is 2.83 bits per heavy atom. The fourth-order valence-corrected chi connectivity index (χ4v) is 3.40. The summed E-state index contributed by atoms with van der Waals surface area (Å²) in [5, 5.41) is 1.13. The number of likely N-dealkylation sites (tertiary alicyclic amines) is 1. The van der Waals surface area contributed by atoms with E-state index in [1.807, 2.05) is 23.8 Å². The Morgan fingerprint density at radius 2 is 2.13 bits per heavy atom. The molecule has 1 aromatic heterocycles. The van der Waals surface area contributed by atoms with E-state index in [9.17, 15) is 9.59 Å². The lowest BCUT2D eigenvalue weighted by Crippen LogP contribution is -2.50. The summed E-state index contributed by atoms with van der Waals surface area (Å²) in [5.74, 6) is 0.439. The largest absolute Gasteiger partial charge is 0.340 e. The molecule has 0 unspecified atom stereocenters. The fraction of sp³-hybridized carbons (Fsp3) is 0.333. The topological polar surface area (TPSA) is 42.3 Å². The Hall–Kier alpha value is -1.88. The van der Waals surface area contributed by atoms with Crippen molar-refractivity contribution in [2.24, 2.45) is 5.92 Å². The van der Waals surface area contributed by atoms with Crippen LogP contribution >= 0.6 is 15.9 Å². The standard InChI is InChI=1S/C18H19BrN2O2/c1-3-18(23)21-9-13(10-21)7-15(22)11-20-5-4-14-8-16(19)12(2)6-17(14)20/h3-6,8,13H,1,7,9-11H2,2H3. The average molecular weight is 375 g/mol. The number of carbonyl (C=O) groups excluding carboxylic acids is 2. The Kier molecular flexibility index (Phi) is 4.39. The first-order chi connectivity index (χ1) is 11.0. The molecule has 2 aromatic rings. The molecular formula is C18H19BrN2O2. The highest BCUT2D eigenvalue weighted by Gasteiger charge is 2.30. The second kappa shape index (κ2) is 6.32. The van der Waals surface area contributed by atoms with Crippen molar-refractivity contribution in [2.45, 2.75) is 19.9 Å². The summed E-state index contributed by atoms with van der Waals surface area (Å²) >= 11 is 3.53. The maximum atomic E-state index is 12.3. The Labute approximate surface area is 143 Å². The molecule has 0 radical (unpaired) electrons. The van der Waals surface area contributed by atoms with Crippen LogP contribution in [0, 0.1) is 12.8 Å². The number of carbonyl (C=O) groups is 2.